The molecule has 3 heterocycles. The fourth-order valence-corrected chi connectivity index (χ4v) is 7.97. The van der Waals surface area contributed by atoms with Gasteiger partial charge in [-0.15, -0.1) is 11.3 Å². The summed E-state index contributed by atoms with van der Waals surface area (Å²) in [4.78, 5) is 0. The van der Waals surface area contributed by atoms with Crippen LogP contribution in [0.5, 0.6) is 0 Å². The third-order valence-corrected chi connectivity index (χ3v) is 9.75. The summed E-state index contributed by atoms with van der Waals surface area (Å²) >= 11 is 1.79. The third-order valence-electron chi connectivity index (χ3n) is 8.55. The van der Waals surface area contributed by atoms with E-state index in [1.165, 1.54) is 25.6 Å². The van der Waals surface area contributed by atoms with Crippen molar-refractivity contribution in [2.24, 2.45) is 0 Å². The van der Waals surface area contributed by atoms with Crippen LogP contribution < -0.4 is 0 Å². The molecular formula is C38H20N4S. The molecule has 0 atom stereocenters. The van der Waals surface area contributed by atoms with E-state index in [1.54, 1.807) is 11.3 Å². The number of para-hydroxylation sites is 2. The minimum absolute atomic E-state index is 0.658. The van der Waals surface area contributed by atoms with E-state index in [0.717, 1.165) is 49.6 Å². The van der Waals surface area contributed by atoms with E-state index in [0.29, 0.717) is 11.1 Å². The standard InChI is InChI=1S/C38H20N4S/c39-21-23-12-15-34-30(18-23)27-8-1-3-10-32(27)41(34)25-6-5-7-26(20-25)42-33-11-4-2-9-29(33)37-35(42)16-14-28-31-19-24(22-40)13-17-36(31)43-38(28)37/h1-20H. The van der Waals surface area contributed by atoms with E-state index >= 15 is 0 Å². The maximum atomic E-state index is 9.57. The summed E-state index contributed by atoms with van der Waals surface area (Å²) in [5.41, 5.74) is 7.96. The molecule has 9 aromatic rings. The van der Waals surface area contributed by atoms with Crippen LogP contribution in [0.1, 0.15) is 11.1 Å². The van der Waals surface area contributed by atoms with Gasteiger partial charge in [-0.1, -0.05) is 48.5 Å². The van der Waals surface area contributed by atoms with Crippen LogP contribution in [0.4, 0.5) is 0 Å². The molecule has 0 aliphatic heterocycles. The molecule has 0 aliphatic carbocycles. The lowest BCUT2D eigenvalue weighted by Gasteiger charge is -2.13. The Kier molecular flexibility index (Phi) is 4.87. The SMILES string of the molecule is N#Cc1ccc2sc3c(ccc4c3c3ccccc3n4-c3cccc(-n4c5ccccc5c5cc(C#N)ccc54)c3)c2c1. The number of hydrogen-bond acceptors (Lipinski definition) is 3. The topological polar surface area (TPSA) is 57.4 Å². The molecule has 198 valence electrons. The van der Waals surface area contributed by atoms with Crippen LogP contribution in [-0.2, 0) is 0 Å². The van der Waals surface area contributed by atoms with Crippen molar-refractivity contribution in [2.75, 3.05) is 0 Å². The molecule has 5 heteroatoms. The third kappa shape index (κ3) is 3.29. The van der Waals surface area contributed by atoms with Crippen LogP contribution in [0.15, 0.2) is 121 Å². The summed E-state index contributed by atoms with van der Waals surface area (Å²) in [7, 11) is 0. The van der Waals surface area contributed by atoms with Gasteiger partial charge in [-0.2, -0.15) is 10.5 Å². The highest BCUT2D eigenvalue weighted by atomic mass is 32.1. The Bertz CT molecular complexity index is 2710. The predicted octanol–water partition coefficient (Wildman–Crippen LogP) is 9.99. The zero-order chi connectivity index (χ0) is 28.7. The van der Waals surface area contributed by atoms with Crippen molar-refractivity contribution in [3.8, 4) is 23.5 Å². The van der Waals surface area contributed by atoms with Gasteiger partial charge in [-0.05, 0) is 72.8 Å². The van der Waals surface area contributed by atoms with Gasteiger partial charge in [0.05, 0.1) is 45.3 Å². The summed E-state index contributed by atoms with van der Waals surface area (Å²) in [6, 6.07) is 46.6. The van der Waals surface area contributed by atoms with Crippen LogP contribution in [0, 0.1) is 22.7 Å². The number of nitrogens with zero attached hydrogens (tertiary/aromatic N) is 4. The molecule has 0 N–H and O–H groups in total. The molecule has 0 unspecified atom stereocenters. The molecule has 0 spiro atoms. The summed E-state index contributed by atoms with van der Waals surface area (Å²) in [5.74, 6) is 0. The molecule has 0 aliphatic rings. The Morgan fingerprint density at radius 1 is 0.465 bits per heavy atom. The molecule has 9 rings (SSSR count). The Balaban J connectivity index is 1.34. The average molecular weight is 565 g/mol. The van der Waals surface area contributed by atoms with E-state index in [4.69, 9.17) is 0 Å². The number of aromatic nitrogens is 2. The molecule has 0 amide bonds. The van der Waals surface area contributed by atoms with E-state index < -0.39 is 0 Å². The van der Waals surface area contributed by atoms with Crippen molar-refractivity contribution in [1.29, 1.82) is 10.5 Å². The first-order chi connectivity index (χ1) is 21.2. The molecule has 0 saturated carbocycles. The summed E-state index contributed by atoms with van der Waals surface area (Å²) in [6.07, 6.45) is 0. The zero-order valence-electron chi connectivity index (χ0n) is 22.7. The molecule has 0 fully saturated rings. The molecular weight excluding hydrogens is 545 g/mol. The van der Waals surface area contributed by atoms with Crippen LogP contribution in [0.3, 0.4) is 0 Å². The first-order valence-electron chi connectivity index (χ1n) is 14.1. The van der Waals surface area contributed by atoms with Crippen LogP contribution in [0.2, 0.25) is 0 Å². The Labute approximate surface area is 250 Å². The van der Waals surface area contributed by atoms with E-state index in [1.807, 2.05) is 24.3 Å². The van der Waals surface area contributed by atoms with Crippen molar-refractivity contribution in [2.45, 2.75) is 0 Å². The maximum absolute atomic E-state index is 9.57. The zero-order valence-corrected chi connectivity index (χ0v) is 23.6. The van der Waals surface area contributed by atoms with Crippen LogP contribution in [0.25, 0.3) is 75.2 Å². The fourth-order valence-electron chi connectivity index (χ4n) is 6.73. The molecule has 4 nitrogen and oxygen atoms in total. The number of thiophene rings is 1. The Morgan fingerprint density at radius 2 is 1.07 bits per heavy atom. The minimum Gasteiger partial charge on any atom is -0.309 e. The number of benzene rings is 6. The predicted molar refractivity (Wildman–Crippen MR) is 177 cm³/mol. The quantitative estimate of drug-likeness (QED) is 0.210. The van der Waals surface area contributed by atoms with E-state index in [-0.39, 0.29) is 0 Å². The first kappa shape index (κ1) is 23.8. The van der Waals surface area contributed by atoms with Gasteiger partial charge < -0.3 is 9.13 Å². The van der Waals surface area contributed by atoms with Gasteiger partial charge in [-0.25, -0.2) is 0 Å². The summed E-state index contributed by atoms with van der Waals surface area (Å²) in [6.45, 7) is 0. The van der Waals surface area contributed by atoms with Crippen molar-refractivity contribution in [3.05, 3.63) is 132 Å². The highest BCUT2D eigenvalue weighted by Gasteiger charge is 2.19. The monoisotopic (exact) mass is 564 g/mol. The maximum Gasteiger partial charge on any atom is 0.0991 e. The minimum atomic E-state index is 0.658. The number of rotatable bonds is 2. The van der Waals surface area contributed by atoms with E-state index in [2.05, 4.69) is 118 Å². The van der Waals surface area contributed by atoms with Crippen molar-refractivity contribution >= 4 is 75.1 Å². The summed E-state index contributed by atoms with van der Waals surface area (Å²) < 4.78 is 7.08. The largest absolute Gasteiger partial charge is 0.309 e. The second-order valence-corrected chi connectivity index (χ2v) is 11.9. The number of nitriles is 2. The highest BCUT2D eigenvalue weighted by molar-refractivity contribution is 7.26. The van der Waals surface area contributed by atoms with Gasteiger partial charge >= 0.3 is 0 Å². The second kappa shape index (κ2) is 8.81. The van der Waals surface area contributed by atoms with Crippen molar-refractivity contribution in [3.63, 3.8) is 0 Å². The molecule has 43 heavy (non-hydrogen) atoms. The number of hydrogen-bond donors (Lipinski definition) is 0. The normalized spacial score (nSPS) is 11.7. The van der Waals surface area contributed by atoms with Gasteiger partial charge in [0, 0.05) is 53.1 Å². The van der Waals surface area contributed by atoms with Crippen molar-refractivity contribution in [1.82, 2.24) is 9.13 Å². The Hall–Kier alpha value is -5.88. The molecule has 6 aromatic carbocycles. The molecule has 0 bridgehead atoms. The van der Waals surface area contributed by atoms with Gasteiger partial charge in [0.25, 0.3) is 0 Å². The van der Waals surface area contributed by atoms with Gasteiger partial charge in [-0.3, -0.25) is 0 Å². The lowest BCUT2D eigenvalue weighted by Crippen LogP contribution is -1.98. The van der Waals surface area contributed by atoms with Gasteiger partial charge in [0.1, 0.15) is 0 Å². The summed E-state index contributed by atoms with van der Waals surface area (Å²) in [5, 5.41) is 26.0. The smallest absolute Gasteiger partial charge is 0.0991 e. The molecule has 0 radical (unpaired) electrons. The molecule has 0 saturated heterocycles. The lowest BCUT2D eigenvalue weighted by atomic mass is 10.1. The average Bonchev–Trinajstić information content (AvgIpc) is 3.71. The molecule has 3 aromatic heterocycles. The number of fused-ring (bicyclic) bond motifs is 10. The van der Waals surface area contributed by atoms with Crippen LogP contribution in [-0.4, -0.2) is 9.13 Å². The Morgan fingerprint density at radius 3 is 1.84 bits per heavy atom. The first-order valence-corrected chi connectivity index (χ1v) is 14.9. The van der Waals surface area contributed by atoms with Crippen LogP contribution >= 0.6 is 11.3 Å². The van der Waals surface area contributed by atoms with Gasteiger partial charge in [0.2, 0.25) is 0 Å². The van der Waals surface area contributed by atoms with E-state index in [9.17, 15) is 10.5 Å². The highest BCUT2D eigenvalue weighted by Crippen LogP contribution is 2.43. The van der Waals surface area contributed by atoms with Gasteiger partial charge in [0.15, 0.2) is 0 Å². The lowest BCUT2D eigenvalue weighted by molar-refractivity contribution is 1.13. The van der Waals surface area contributed by atoms with Crippen molar-refractivity contribution < 1.29 is 0 Å². The fraction of sp³-hybridized carbons (Fsp3) is 0. The second-order valence-electron chi connectivity index (χ2n) is 10.8.